The van der Waals surface area contributed by atoms with Gasteiger partial charge in [0, 0.05) is 18.7 Å². The number of nitrogens with zero attached hydrogens (tertiary/aromatic N) is 2. The van der Waals surface area contributed by atoms with Crippen LogP contribution < -0.4 is 5.73 Å². The van der Waals surface area contributed by atoms with Crippen molar-refractivity contribution in [2.45, 2.75) is 23.8 Å². The zero-order valence-corrected chi connectivity index (χ0v) is 8.37. The van der Waals surface area contributed by atoms with Crippen LogP contribution in [-0.4, -0.2) is 10.2 Å². The molecule has 0 radical (unpaired) electrons. The van der Waals surface area contributed by atoms with Gasteiger partial charge in [-0.1, -0.05) is 0 Å². The minimum Gasteiger partial charge on any atom is -0.453 e. The SMILES string of the molecule is Cc1nnc(Sc2ccc(CN)o2)o1. The topological polar surface area (TPSA) is 78.1 Å². The van der Waals surface area contributed by atoms with Crippen LogP contribution in [0.3, 0.4) is 0 Å². The first-order chi connectivity index (χ1) is 6.78. The number of aryl methyl sites for hydroxylation is 1. The Kier molecular flexibility index (Phi) is 2.55. The monoisotopic (exact) mass is 211 g/mol. The van der Waals surface area contributed by atoms with Gasteiger partial charge in [0.25, 0.3) is 5.22 Å². The van der Waals surface area contributed by atoms with Crippen LogP contribution in [0.2, 0.25) is 0 Å². The molecule has 2 aromatic heterocycles. The number of hydrogen-bond acceptors (Lipinski definition) is 6. The van der Waals surface area contributed by atoms with Gasteiger partial charge in [-0.3, -0.25) is 0 Å². The minimum atomic E-state index is 0.392. The molecule has 2 heterocycles. The van der Waals surface area contributed by atoms with Gasteiger partial charge in [0.05, 0.1) is 6.54 Å². The fourth-order valence-corrected chi connectivity index (χ4v) is 1.63. The van der Waals surface area contributed by atoms with Crippen molar-refractivity contribution in [3.63, 3.8) is 0 Å². The van der Waals surface area contributed by atoms with Gasteiger partial charge < -0.3 is 14.6 Å². The lowest BCUT2D eigenvalue weighted by molar-refractivity contribution is 0.412. The van der Waals surface area contributed by atoms with Gasteiger partial charge in [-0.05, 0) is 12.1 Å². The lowest BCUT2D eigenvalue weighted by atomic mass is 10.5. The summed E-state index contributed by atoms with van der Waals surface area (Å²) in [7, 11) is 0. The van der Waals surface area contributed by atoms with Crippen molar-refractivity contribution >= 4 is 11.8 Å². The van der Waals surface area contributed by atoms with E-state index in [9.17, 15) is 0 Å². The third-order valence-corrected chi connectivity index (χ3v) is 2.29. The second kappa shape index (κ2) is 3.85. The van der Waals surface area contributed by atoms with E-state index in [0.29, 0.717) is 22.8 Å². The molecular weight excluding hydrogens is 202 g/mol. The molecule has 0 aliphatic heterocycles. The standard InChI is InChI=1S/C8H9N3O2S/c1-5-10-11-8(12-5)14-7-3-2-6(4-9)13-7/h2-3H,4,9H2,1H3. The van der Waals surface area contributed by atoms with Crippen LogP contribution in [-0.2, 0) is 6.54 Å². The molecule has 0 aliphatic rings. The molecule has 0 aliphatic carbocycles. The smallest absolute Gasteiger partial charge is 0.284 e. The molecule has 5 nitrogen and oxygen atoms in total. The fraction of sp³-hybridized carbons (Fsp3) is 0.250. The lowest BCUT2D eigenvalue weighted by Gasteiger charge is -1.89. The van der Waals surface area contributed by atoms with Gasteiger partial charge >= 0.3 is 0 Å². The van der Waals surface area contributed by atoms with E-state index >= 15 is 0 Å². The van der Waals surface area contributed by atoms with Crippen molar-refractivity contribution in [2.75, 3.05) is 0 Å². The second-order valence-electron chi connectivity index (χ2n) is 2.61. The summed E-state index contributed by atoms with van der Waals surface area (Å²) in [5.74, 6) is 1.28. The van der Waals surface area contributed by atoms with E-state index < -0.39 is 0 Å². The Morgan fingerprint density at radius 3 is 2.79 bits per heavy atom. The molecular formula is C8H9N3O2S. The Bertz CT molecular complexity index is 424. The van der Waals surface area contributed by atoms with E-state index in [1.54, 1.807) is 6.92 Å². The number of nitrogens with two attached hydrogens (primary N) is 1. The Balaban J connectivity index is 2.10. The number of rotatable bonds is 3. The maximum absolute atomic E-state index is 5.41. The van der Waals surface area contributed by atoms with Gasteiger partial charge in [-0.2, -0.15) is 0 Å². The molecule has 0 atom stereocenters. The average molecular weight is 211 g/mol. The van der Waals surface area contributed by atoms with E-state index in [1.807, 2.05) is 12.1 Å². The molecule has 14 heavy (non-hydrogen) atoms. The third-order valence-electron chi connectivity index (χ3n) is 1.53. The van der Waals surface area contributed by atoms with Crippen molar-refractivity contribution in [3.05, 3.63) is 23.8 Å². The summed E-state index contributed by atoms with van der Waals surface area (Å²) in [6.45, 7) is 2.13. The van der Waals surface area contributed by atoms with E-state index in [-0.39, 0.29) is 0 Å². The molecule has 0 unspecified atom stereocenters. The van der Waals surface area contributed by atoms with Crippen LogP contribution in [0.4, 0.5) is 0 Å². The molecule has 0 amide bonds. The van der Waals surface area contributed by atoms with Crippen molar-refractivity contribution in [1.82, 2.24) is 10.2 Å². The quantitative estimate of drug-likeness (QED) is 0.830. The van der Waals surface area contributed by atoms with Crippen LogP contribution in [0.5, 0.6) is 0 Å². The fourth-order valence-electron chi connectivity index (χ4n) is 0.929. The first kappa shape index (κ1) is 9.29. The zero-order chi connectivity index (χ0) is 9.97. The van der Waals surface area contributed by atoms with Crippen LogP contribution in [0.15, 0.2) is 31.3 Å². The molecule has 0 bridgehead atoms. The summed E-state index contributed by atoms with van der Waals surface area (Å²) >= 11 is 1.28. The summed E-state index contributed by atoms with van der Waals surface area (Å²) in [6.07, 6.45) is 0. The Labute approximate surface area is 84.7 Å². The van der Waals surface area contributed by atoms with Crippen LogP contribution in [0.1, 0.15) is 11.7 Å². The number of aromatic nitrogens is 2. The zero-order valence-electron chi connectivity index (χ0n) is 7.56. The van der Waals surface area contributed by atoms with Gasteiger partial charge in [-0.25, -0.2) is 0 Å². The Hall–Kier alpha value is -1.27. The van der Waals surface area contributed by atoms with Crippen molar-refractivity contribution < 1.29 is 8.83 Å². The Morgan fingerprint density at radius 2 is 2.21 bits per heavy atom. The normalized spacial score (nSPS) is 10.7. The van der Waals surface area contributed by atoms with E-state index in [2.05, 4.69) is 10.2 Å². The third kappa shape index (κ3) is 1.97. The van der Waals surface area contributed by atoms with E-state index in [4.69, 9.17) is 14.6 Å². The van der Waals surface area contributed by atoms with Gasteiger partial charge in [0.2, 0.25) is 5.89 Å². The summed E-state index contributed by atoms with van der Waals surface area (Å²) in [4.78, 5) is 0. The summed E-state index contributed by atoms with van der Waals surface area (Å²) in [5, 5.41) is 8.71. The largest absolute Gasteiger partial charge is 0.453 e. The highest BCUT2D eigenvalue weighted by Crippen LogP contribution is 2.27. The van der Waals surface area contributed by atoms with Crippen LogP contribution in [0.25, 0.3) is 0 Å². The van der Waals surface area contributed by atoms with Gasteiger partial charge in [0.15, 0.2) is 5.09 Å². The molecule has 2 N–H and O–H groups in total. The number of furan rings is 1. The lowest BCUT2D eigenvalue weighted by Crippen LogP contribution is -1.92. The highest BCUT2D eigenvalue weighted by molar-refractivity contribution is 7.99. The van der Waals surface area contributed by atoms with Crippen LogP contribution in [0, 0.1) is 6.92 Å². The first-order valence-electron chi connectivity index (χ1n) is 4.04. The molecule has 0 saturated carbocycles. The molecule has 2 aromatic rings. The molecule has 0 saturated heterocycles. The maximum atomic E-state index is 5.41. The van der Waals surface area contributed by atoms with Crippen molar-refractivity contribution in [3.8, 4) is 0 Å². The van der Waals surface area contributed by atoms with E-state index in [1.165, 1.54) is 11.8 Å². The highest BCUT2D eigenvalue weighted by atomic mass is 32.2. The summed E-state index contributed by atoms with van der Waals surface area (Å²) in [6, 6.07) is 3.65. The molecule has 2 rings (SSSR count). The first-order valence-corrected chi connectivity index (χ1v) is 4.86. The predicted octanol–water partition coefficient (Wildman–Crippen LogP) is 1.58. The van der Waals surface area contributed by atoms with Gasteiger partial charge in [-0.15, -0.1) is 10.2 Å². The summed E-state index contributed by atoms with van der Waals surface area (Å²) < 4.78 is 10.5. The van der Waals surface area contributed by atoms with Crippen molar-refractivity contribution in [1.29, 1.82) is 0 Å². The predicted molar refractivity (Wildman–Crippen MR) is 49.8 cm³/mol. The molecule has 6 heteroatoms. The minimum absolute atomic E-state index is 0.392. The molecule has 0 fully saturated rings. The highest BCUT2D eigenvalue weighted by Gasteiger charge is 2.08. The Morgan fingerprint density at radius 1 is 1.36 bits per heavy atom. The van der Waals surface area contributed by atoms with E-state index in [0.717, 1.165) is 5.76 Å². The average Bonchev–Trinajstić information content (AvgIpc) is 2.76. The van der Waals surface area contributed by atoms with Gasteiger partial charge in [0.1, 0.15) is 5.76 Å². The molecule has 74 valence electrons. The molecule has 0 aromatic carbocycles. The maximum Gasteiger partial charge on any atom is 0.284 e. The molecule has 0 spiro atoms. The van der Waals surface area contributed by atoms with Crippen LogP contribution >= 0.6 is 11.8 Å². The summed E-state index contributed by atoms with van der Waals surface area (Å²) in [5.41, 5.74) is 5.41. The number of hydrogen-bond donors (Lipinski definition) is 1. The van der Waals surface area contributed by atoms with Crippen molar-refractivity contribution in [2.24, 2.45) is 5.73 Å². The second-order valence-corrected chi connectivity index (χ2v) is 3.57.